The lowest BCUT2D eigenvalue weighted by Gasteiger charge is -2.36. The van der Waals surface area contributed by atoms with Gasteiger partial charge in [0.25, 0.3) is 8.32 Å². The summed E-state index contributed by atoms with van der Waals surface area (Å²) in [5, 5.41) is 19.0. The molecule has 0 atom stereocenters. The van der Waals surface area contributed by atoms with E-state index in [0.29, 0.717) is 28.4 Å². The molecule has 0 amide bonds. The molecule has 0 fully saturated rings. The minimum Gasteiger partial charge on any atom is -0.466 e. The van der Waals surface area contributed by atoms with Crippen LogP contribution in [-0.4, -0.2) is 45.2 Å². The molecule has 0 radical (unpaired) electrons. The highest BCUT2D eigenvalue weighted by Gasteiger charge is 2.41. The molecule has 3 aromatic heterocycles. The Bertz CT molecular complexity index is 984. The Kier molecular flexibility index (Phi) is 4.75. The van der Waals surface area contributed by atoms with Crippen molar-refractivity contribution in [2.24, 2.45) is 0 Å². The highest BCUT2D eigenvalue weighted by molar-refractivity contribution is 6.74. The molecule has 0 aliphatic carbocycles. The van der Waals surface area contributed by atoms with Gasteiger partial charge in [-0.2, -0.15) is 4.73 Å². The second kappa shape index (κ2) is 6.63. The molecule has 142 valence electrons. The molecule has 3 rings (SSSR count). The number of rotatable bonds is 4. The summed E-state index contributed by atoms with van der Waals surface area (Å²) in [5.41, 5.74) is 7.78. The Hall–Kier alpha value is -2.43. The fourth-order valence-electron chi connectivity index (χ4n) is 2.32. The monoisotopic (exact) mass is 385 g/mol. The van der Waals surface area contributed by atoms with Crippen molar-refractivity contribution in [3.63, 3.8) is 0 Å². The van der Waals surface area contributed by atoms with Crippen LogP contribution in [0.3, 0.4) is 0 Å². The maximum Gasteiger partial charge on any atom is 0.508 e. The summed E-state index contributed by atoms with van der Waals surface area (Å²) < 4.78 is 8.04. The number of hydrogen-bond donors (Lipinski definition) is 3. The van der Waals surface area contributed by atoms with Gasteiger partial charge in [0, 0.05) is 6.20 Å². The van der Waals surface area contributed by atoms with Crippen molar-refractivity contribution in [2.75, 3.05) is 5.73 Å². The third-order valence-corrected chi connectivity index (χ3v) is 9.21. The molecule has 3 aromatic rings. The molecular weight excluding hydrogens is 361 g/mol. The van der Waals surface area contributed by atoms with Gasteiger partial charge in [-0.05, 0) is 42.4 Å². The first kappa shape index (κ1) is 19.3. The zero-order valence-electron chi connectivity index (χ0n) is 16.1. The van der Waals surface area contributed by atoms with E-state index in [-0.39, 0.29) is 10.6 Å². The third kappa shape index (κ3) is 3.55. The minimum atomic E-state index is -2.26. The maximum atomic E-state index is 9.51. The summed E-state index contributed by atoms with van der Waals surface area (Å²) in [6.07, 6.45) is 1.61. The molecule has 0 spiro atoms. The second-order valence-corrected chi connectivity index (χ2v) is 12.7. The topological polar surface area (TPSA) is 119 Å². The Morgan fingerprint density at radius 3 is 2.44 bits per heavy atom. The van der Waals surface area contributed by atoms with Gasteiger partial charge < -0.3 is 20.3 Å². The number of nitrogen functional groups attached to an aromatic ring is 1. The molecule has 4 N–H and O–H groups in total. The number of pyridine rings is 2. The fraction of sp³-hybridized carbons (Fsp3) is 0.353. The zero-order valence-corrected chi connectivity index (χ0v) is 17.1. The van der Waals surface area contributed by atoms with Crippen LogP contribution in [0.5, 0.6) is 0 Å². The fourth-order valence-corrected chi connectivity index (χ4v) is 3.23. The van der Waals surface area contributed by atoms with E-state index in [9.17, 15) is 10.0 Å². The predicted molar refractivity (Wildman–Crippen MR) is 109 cm³/mol. The molecule has 0 aliphatic heterocycles. The Morgan fingerprint density at radius 2 is 1.85 bits per heavy atom. The number of fused-ring (bicyclic) bond motifs is 1. The SMILES string of the molecule is CC(C)(C)[Si](C)(C)On1c(-c2cccnc2N)nc2ccc(B(O)O)nc21. The third-order valence-electron chi connectivity index (χ3n) is 4.96. The summed E-state index contributed by atoms with van der Waals surface area (Å²) in [6.45, 7) is 10.6. The van der Waals surface area contributed by atoms with E-state index >= 15 is 0 Å². The first-order valence-electron chi connectivity index (χ1n) is 8.67. The number of hydrogen-bond acceptors (Lipinski definition) is 7. The van der Waals surface area contributed by atoms with Gasteiger partial charge >= 0.3 is 7.12 Å². The Labute approximate surface area is 159 Å². The molecule has 0 saturated carbocycles. The quantitative estimate of drug-likeness (QED) is 0.577. The van der Waals surface area contributed by atoms with Crippen molar-refractivity contribution in [1.29, 1.82) is 0 Å². The molecule has 8 nitrogen and oxygen atoms in total. The number of imidazole rings is 1. The van der Waals surface area contributed by atoms with Crippen LogP contribution in [0.2, 0.25) is 18.1 Å². The molecule has 10 heteroatoms. The van der Waals surface area contributed by atoms with Gasteiger partial charge in [-0.1, -0.05) is 20.8 Å². The second-order valence-electron chi connectivity index (χ2n) is 7.97. The summed E-state index contributed by atoms with van der Waals surface area (Å²) in [7, 11) is -3.94. The average Bonchev–Trinajstić information content (AvgIpc) is 2.91. The van der Waals surface area contributed by atoms with Gasteiger partial charge in [-0.3, -0.25) is 0 Å². The maximum absolute atomic E-state index is 9.51. The molecule has 0 aromatic carbocycles. The van der Waals surface area contributed by atoms with E-state index in [4.69, 9.17) is 10.3 Å². The molecule has 0 bridgehead atoms. The van der Waals surface area contributed by atoms with Crippen LogP contribution in [0.1, 0.15) is 20.8 Å². The van der Waals surface area contributed by atoms with E-state index in [0.717, 1.165) is 0 Å². The standard InChI is InChI=1S/C17H24BN5O3Si/c1-17(2,3)27(4,5)26-23-15(11-7-6-10-20-14(11)19)21-12-8-9-13(18(24)25)22-16(12)23/h6-10,24-25H,1-5H3,(H2,19,20). The number of aromatic nitrogens is 4. The van der Waals surface area contributed by atoms with Gasteiger partial charge in [-0.25, -0.2) is 15.0 Å². The lowest BCUT2D eigenvalue weighted by molar-refractivity contribution is 0.264. The largest absolute Gasteiger partial charge is 0.508 e. The van der Waals surface area contributed by atoms with Gasteiger partial charge in [-0.15, -0.1) is 0 Å². The molecule has 3 heterocycles. The van der Waals surface area contributed by atoms with Crippen LogP contribution in [0.4, 0.5) is 5.82 Å². The lowest BCUT2D eigenvalue weighted by Crippen LogP contribution is -2.48. The minimum absolute atomic E-state index is 0.0601. The highest BCUT2D eigenvalue weighted by atomic mass is 28.4. The summed E-state index contributed by atoms with van der Waals surface area (Å²) in [4.78, 5) is 13.1. The van der Waals surface area contributed by atoms with Crippen molar-refractivity contribution in [3.8, 4) is 11.4 Å². The van der Waals surface area contributed by atoms with E-state index in [1.165, 1.54) is 6.07 Å². The van der Waals surface area contributed by atoms with Gasteiger partial charge in [0.15, 0.2) is 11.5 Å². The Balaban J connectivity index is 2.27. The highest BCUT2D eigenvalue weighted by Crippen LogP contribution is 2.36. The smallest absolute Gasteiger partial charge is 0.466 e. The lowest BCUT2D eigenvalue weighted by atomic mass is 9.86. The van der Waals surface area contributed by atoms with Crippen molar-refractivity contribution < 1.29 is 14.6 Å². The average molecular weight is 385 g/mol. The summed E-state index contributed by atoms with van der Waals surface area (Å²) >= 11 is 0. The number of anilines is 1. The van der Waals surface area contributed by atoms with Crippen LogP contribution >= 0.6 is 0 Å². The van der Waals surface area contributed by atoms with Crippen molar-refractivity contribution in [2.45, 2.75) is 38.9 Å². The van der Waals surface area contributed by atoms with E-state index in [1.54, 1.807) is 23.1 Å². The molecule has 0 unspecified atom stereocenters. The normalized spacial score (nSPS) is 12.4. The molecule has 27 heavy (non-hydrogen) atoms. The van der Waals surface area contributed by atoms with E-state index < -0.39 is 15.4 Å². The number of nitrogens with two attached hydrogens (primary N) is 1. The van der Waals surface area contributed by atoms with Crippen LogP contribution in [0, 0.1) is 0 Å². The summed E-state index contributed by atoms with van der Waals surface area (Å²) in [5.74, 6) is 0.813. The van der Waals surface area contributed by atoms with Crippen molar-refractivity contribution in [1.82, 2.24) is 19.7 Å². The first-order valence-corrected chi connectivity index (χ1v) is 11.6. The van der Waals surface area contributed by atoms with Crippen LogP contribution in [-0.2, 0) is 0 Å². The van der Waals surface area contributed by atoms with E-state index in [2.05, 4.69) is 48.8 Å². The Morgan fingerprint density at radius 1 is 1.15 bits per heavy atom. The van der Waals surface area contributed by atoms with Gasteiger partial charge in [0.05, 0.1) is 11.2 Å². The van der Waals surface area contributed by atoms with Crippen LogP contribution in [0.15, 0.2) is 30.5 Å². The van der Waals surface area contributed by atoms with Crippen molar-refractivity contribution in [3.05, 3.63) is 30.5 Å². The summed E-state index contributed by atoms with van der Waals surface area (Å²) in [6, 6.07) is 6.79. The predicted octanol–water partition coefficient (Wildman–Crippen LogP) is 1.19. The number of nitrogens with zero attached hydrogens (tertiary/aromatic N) is 4. The molecule has 0 saturated heterocycles. The van der Waals surface area contributed by atoms with Gasteiger partial charge in [0.2, 0.25) is 0 Å². The first-order chi connectivity index (χ1) is 12.5. The van der Waals surface area contributed by atoms with Crippen LogP contribution < -0.4 is 15.9 Å². The molecule has 0 aliphatic rings. The zero-order chi connectivity index (χ0) is 20.0. The van der Waals surface area contributed by atoms with Gasteiger partial charge in [0.1, 0.15) is 11.3 Å². The van der Waals surface area contributed by atoms with E-state index in [1.807, 2.05) is 6.07 Å². The van der Waals surface area contributed by atoms with Crippen LogP contribution in [0.25, 0.3) is 22.6 Å². The van der Waals surface area contributed by atoms with Crippen molar-refractivity contribution >= 4 is 38.0 Å². The molecular formula is C17H24BN5O3Si.